The van der Waals surface area contributed by atoms with Gasteiger partial charge in [-0.3, -0.25) is 19.7 Å². The summed E-state index contributed by atoms with van der Waals surface area (Å²) in [6.07, 6.45) is 0.641. The van der Waals surface area contributed by atoms with Crippen molar-refractivity contribution in [1.82, 2.24) is 15.5 Å². The minimum Gasteiger partial charge on any atom is -0.465 e. The second-order valence-electron chi connectivity index (χ2n) is 9.36. The number of hydrogen-bond acceptors (Lipinski definition) is 5. The van der Waals surface area contributed by atoms with Crippen molar-refractivity contribution < 1.29 is 29.0 Å². The molecule has 2 heterocycles. The van der Waals surface area contributed by atoms with Gasteiger partial charge in [-0.25, -0.2) is 4.79 Å². The van der Waals surface area contributed by atoms with Crippen LogP contribution in [0.1, 0.15) is 61.5 Å². The highest BCUT2D eigenvalue weighted by atomic mass is 16.5. The lowest BCUT2D eigenvalue weighted by atomic mass is 9.89. The first-order valence-corrected chi connectivity index (χ1v) is 10.9. The van der Waals surface area contributed by atoms with Crippen molar-refractivity contribution in [3.63, 3.8) is 0 Å². The fourth-order valence-electron chi connectivity index (χ4n) is 4.17. The third-order valence-electron chi connectivity index (χ3n) is 5.99. The predicted molar refractivity (Wildman–Crippen MR) is 116 cm³/mol. The van der Waals surface area contributed by atoms with Crippen molar-refractivity contribution in [2.24, 2.45) is 5.41 Å². The number of nitrogens with zero attached hydrogens (tertiary/aromatic N) is 1. The van der Waals surface area contributed by atoms with Gasteiger partial charge in [-0.05, 0) is 41.9 Å². The topological polar surface area (TPSA) is 125 Å². The number of nitrogens with one attached hydrogen (secondary N) is 2. The minimum absolute atomic E-state index is 0.180. The summed E-state index contributed by atoms with van der Waals surface area (Å²) in [4.78, 5) is 49.0. The van der Waals surface area contributed by atoms with E-state index in [9.17, 15) is 19.2 Å². The normalized spacial score (nSPS) is 19.5. The molecule has 0 aliphatic carbocycles. The number of aryl methyl sites for hydroxylation is 1. The van der Waals surface area contributed by atoms with Crippen LogP contribution < -0.4 is 10.6 Å². The van der Waals surface area contributed by atoms with E-state index in [1.807, 2.05) is 32.9 Å². The van der Waals surface area contributed by atoms with Crippen LogP contribution in [0.25, 0.3) is 0 Å². The molecule has 2 atom stereocenters. The van der Waals surface area contributed by atoms with Crippen LogP contribution in [0.4, 0.5) is 4.79 Å². The number of carbonyl (C=O) groups is 4. The van der Waals surface area contributed by atoms with Gasteiger partial charge in [0.05, 0.1) is 6.10 Å². The number of piperidine rings is 1. The highest BCUT2D eigenvalue weighted by Gasteiger charge is 2.39. The van der Waals surface area contributed by atoms with Crippen molar-refractivity contribution >= 4 is 23.8 Å². The van der Waals surface area contributed by atoms with Gasteiger partial charge in [0.1, 0.15) is 6.04 Å². The van der Waals surface area contributed by atoms with E-state index < -0.39 is 18.0 Å². The number of amides is 4. The first-order valence-electron chi connectivity index (χ1n) is 10.9. The van der Waals surface area contributed by atoms with Crippen LogP contribution in [0.3, 0.4) is 0 Å². The number of rotatable bonds is 8. The zero-order valence-electron chi connectivity index (χ0n) is 18.8. The van der Waals surface area contributed by atoms with Crippen LogP contribution in [-0.4, -0.2) is 59.1 Å². The van der Waals surface area contributed by atoms with Crippen molar-refractivity contribution in [3.05, 3.63) is 34.9 Å². The Balaban J connectivity index is 1.60. The standard InChI is InChI=1S/C23H31N3O6/c1-23(2,3)18(12-24-22(30)31)32-11-5-7-14-6-4-8-15-16(14)13-26(21(15)29)17-9-10-19(27)25-20(17)28/h4,6,8,17-18,24H,5,7,9-13H2,1-3H3,(H,30,31)(H,25,27,28). The Bertz CT molecular complexity index is 907. The fourth-order valence-corrected chi connectivity index (χ4v) is 4.17. The number of ether oxygens (including phenoxy) is 1. The van der Waals surface area contributed by atoms with Crippen LogP contribution in [0.15, 0.2) is 18.2 Å². The van der Waals surface area contributed by atoms with Crippen LogP contribution in [0.2, 0.25) is 0 Å². The van der Waals surface area contributed by atoms with Crippen LogP contribution in [-0.2, 0) is 27.3 Å². The molecule has 1 saturated heterocycles. The lowest BCUT2D eigenvalue weighted by molar-refractivity contribution is -0.136. The van der Waals surface area contributed by atoms with Crippen molar-refractivity contribution in [2.45, 2.75) is 65.1 Å². The zero-order chi connectivity index (χ0) is 23.5. The lowest BCUT2D eigenvalue weighted by Gasteiger charge is -2.30. The molecule has 0 spiro atoms. The molecule has 0 saturated carbocycles. The molecule has 1 aromatic rings. The molecule has 1 fully saturated rings. The number of imide groups is 1. The first-order chi connectivity index (χ1) is 15.1. The number of hydrogen-bond donors (Lipinski definition) is 3. The maximum atomic E-state index is 12.9. The molecular weight excluding hydrogens is 414 g/mol. The predicted octanol–water partition coefficient (Wildman–Crippen LogP) is 2.08. The van der Waals surface area contributed by atoms with Gasteiger partial charge in [0.15, 0.2) is 0 Å². The highest BCUT2D eigenvalue weighted by Crippen LogP contribution is 2.30. The SMILES string of the molecule is CC(C)(C)C(CNC(=O)O)OCCCc1cccc2c1CN(C1CCC(=O)NC1=O)C2=O. The quantitative estimate of drug-likeness (QED) is 0.416. The summed E-state index contributed by atoms with van der Waals surface area (Å²) >= 11 is 0. The van der Waals surface area contributed by atoms with E-state index in [0.29, 0.717) is 38.0 Å². The zero-order valence-corrected chi connectivity index (χ0v) is 18.8. The maximum absolute atomic E-state index is 12.9. The number of benzene rings is 1. The molecule has 3 rings (SSSR count). The number of carbonyl (C=O) groups excluding carboxylic acids is 3. The van der Waals surface area contributed by atoms with E-state index in [0.717, 1.165) is 11.1 Å². The molecule has 174 valence electrons. The van der Waals surface area contributed by atoms with Gasteiger partial charge in [-0.15, -0.1) is 0 Å². The summed E-state index contributed by atoms with van der Waals surface area (Å²) in [5.41, 5.74) is 2.34. The Hall–Kier alpha value is -2.94. The molecule has 0 aromatic heterocycles. The van der Waals surface area contributed by atoms with Crippen LogP contribution in [0, 0.1) is 5.41 Å². The Labute approximate surface area is 187 Å². The Morgan fingerprint density at radius 1 is 1.31 bits per heavy atom. The average molecular weight is 446 g/mol. The van der Waals surface area contributed by atoms with Gasteiger partial charge in [0, 0.05) is 31.7 Å². The summed E-state index contributed by atoms with van der Waals surface area (Å²) in [6, 6.07) is 4.97. The van der Waals surface area contributed by atoms with E-state index in [4.69, 9.17) is 9.84 Å². The van der Waals surface area contributed by atoms with E-state index in [1.54, 1.807) is 11.0 Å². The smallest absolute Gasteiger partial charge is 0.404 e. The Kier molecular flexibility index (Phi) is 7.18. The molecule has 2 aliphatic heterocycles. The molecule has 0 radical (unpaired) electrons. The summed E-state index contributed by atoms with van der Waals surface area (Å²) in [5.74, 6) is -0.899. The second-order valence-corrected chi connectivity index (χ2v) is 9.36. The third-order valence-corrected chi connectivity index (χ3v) is 5.99. The van der Waals surface area contributed by atoms with Crippen molar-refractivity contribution in [2.75, 3.05) is 13.2 Å². The van der Waals surface area contributed by atoms with Gasteiger partial charge < -0.3 is 20.1 Å². The fraction of sp³-hybridized carbons (Fsp3) is 0.565. The molecule has 3 N–H and O–H groups in total. The Morgan fingerprint density at radius 3 is 2.72 bits per heavy atom. The maximum Gasteiger partial charge on any atom is 0.404 e. The van der Waals surface area contributed by atoms with Gasteiger partial charge in [0.25, 0.3) is 5.91 Å². The Morgan fingerprint density at radius 2 is 2.06 bits per heavy atom. The molecule has 9 heteroatoms. The first kappa shape index (κ1) is 23.7. The summed E-state index contributed by atoms with van der Waals surface area (Å²) in [7, 11) is 0. The van der Waals surface area contributed by atoms with Gasteiger partial charge in [-0.2, -0.15) is 0 Å². The summed E-state index contributed by atoms with van der Waals surface area (Å²) < 4.78 is 5.97. The largest absolute Gasteiger partial charge is 0.465 e. The van der Waals surface area contributed by atoms with E-state index >= 15 is 0 Å². The van der Waals surface area contributed by atoms with Gasteiger partial charge >= 0.3 is 6.09 Å². The molecule has 2 unspecified atom stereocenters. The average Bonchev–Trinajstić information content (AvgIpc) is 3.03. The molecular formula is C23H31N3O6. The highest BCUT2D eigenvalue weighted by molar-refractivity contribution is 6.05. The van der Waals surface area contributed by atoms with Gasteiger partial charge in [0.2, 0.25) is 11.8 Å². The van der Waals surface area contributed by atoms with E-state index in [1.165, 1.54) is 0 Å². The molecule has 9 nitrogen and oxygen atoms in total. The van der Waals surface area contributed by atoms with Crippen molar-refractivity contribution in [3.8, 4) is 0 Å². The van der Waals surface area contributed by atoms with Crippen LogP contribution in [0.5, 0.6) is 0 Å². The summed E-state index contributed by atoms with van der Waals surface area (Å²) in [5, 5.41) is 13.6. The molecule has 4 amide bonds. The lowest BCUT2D eigenvalue weighted by Crippen LogP contribution is -2.52. The minimum atomic E-state index is -1.08. The molecule has 1 aromatic carbocycles. The molecule has 2 aliphatic rings. The van der Waals surface area contributed by atoms with Crippen molar-refractivity contribution in [1.29, 1.82) is 0 Å². The molecule has 0 bridgehead atoms. The van der Waals surface area contributed by atoms with Crippen LogP contribution >= 0.6 is 0 Å². The second kappa shape index (κ2) is 9.68. The third kappa shape index (κ3) is 5.45. The number of carboxylic acid groups (broad SMARTS) is 1. The molecule has 32 heavy (non-hydrogen) atoms. The number of fused-ring (bicyclic) bond motifs is 1. The monoisotopic (exact) mass is 445 g/mol. The summed E-state index contributed by atoms with van der Waals surface area (Å²) in [6.45, 7) is 7.03. The van der Waals surface area contributed by atoms with E-state index in [-0.39, 0.29) is 36.3 Å². The van der Waals surface area contributed by atoms with E-state index in [2.05, 4.69) is 10.6 Å². The van der Waals surface area contributed by atoms with Gasteiger partial charge in [-0.1, -0.05) is 32.9 Å².